The molecule has 0 aliphatic carbocycles. The van der Waals surface area contributed by atoms with Crippen molar-refractivity contribution in [1.29, 1.82) is 0 Å². The van der Waals surface area contributed by atoms with Crippen LogP contribution in [0.4, 0.5) is 0 Å². The van der Waals surface area contributed by atoms with E-state index in [2.05, 4.69) is 4.72 Å². The molecule has 0 saturated heterocycles. The van der Waals surface area contributed by atoms with E-state index < -0.39 is 16.1 Å². The highest BCUT2D eigenvalue weighted by Gasteiger charge is 2.20. The maximum Gasteiger partial charge on any atom is 0.241 e. The smallest absolute Gasteiger partial charge is 0.241 e. The average molecular weight is 305 g/mol. The molecule has 0 amide bonds. The van der Waals surface area contributed by atoms with Gasteiger partial charge in [0.15, 0.2) is 0 Å². The molecule has 0 aromatic heterocycles. The Balaban J connectivity index is 2.22. The Kier molecular flexibility index (Phi) is 5.12. The summed E-state index contributed by atoms with van der Waals surface area (Å²) in [6.07, 6.45) is 0.858. The van der Waals surface area contributed by atoms with Crippen molar-refractivity contribution < 1.29 is 13.5 Å². The van der Waals surface area contributed by atoms with Gasteiger partial charge in [-0.25, -0.2) is 13.1 Å². The monoisotopic (exact) mass is 305 g/mol. The second-order valence-corrected chi connectivity index (χ2v) is 6.48. The van der Waals surface area contributed by atoms with Gasteiger partial charge in [0.25, 0.3) is 0 Å². The maximum absolute atomic E-state index is 12.4. The van der Waals surface area contributed by atoms with Crippen LogP contribution in [0.15, 0.2) is 59.5 Å². The Hall–Kier alpha value is -1.69. The summed E-state index contributed by atoms with van der Waals surface area (Å²) in [7, 11) is -3.65. The van der Waals surface area contributed by atoms with E-state index in [0.29, 0.717) is 0 Å². The number of aliphatic hydroxyl groups excluding tert-OH is 1. The molecule has 0 unspecified atom stereocenters. The average Bonchev–Trinajstić information content (AvgIpc) is 2.53. The molecule has 4 nitrogen and oxygen atoms in total. The number of aryl methyl sites for hydroxylation is 1. The summed E-state index contributed by atoms with van der Waals surface area (Å²) >= 11 is 0. The minimum atomic E-state index is -3.65. The van der Waals surface area contributed by atoms with E-state index in [1.54, 1.807) is 36.4 Å². The zero-order valence-corrected chi connectivity index (χ0v) is 12.7. The van der Waals surface area contributed by atoms with Crippen LogP contribution in [0.1, 0.15) is 24.1 Å². The highest BCUT2D eigenvalue weighted by atomic mass is 32.2. The normalized spacial score (nSPS) is 13.0. The minimum absolute atomic E-state index is 0.203. The first-order valence-electron chi connectivity index (χ1n) is 6.84. The summed E-state index contributed by atoms with van der Waals surface area (Å²) in [5.74, 6) is 0. The van der Waals surface area contributed by atoms with E-state index in [0.717, 1.165) is 17.5 Å². The molecule has 2 aromatic carbocycles. The third-order valence-electron chi connectivity index (χ3n) is 3.32. The van der Waals surface area contributed by atoms with E-state index >= 15 is 0 Å². The lowest BCUT2D eigenvalue weighted by Crippen LogP contribution is -2.30. The summed E-state index contributed by atoms with van der Waals surface area (Å²) in [5.41, 5.74) is 1.81. The van der Waals surface area contributed by atoms with E-state index in [1.165, 1.54) is 0 Å². The lowest BCUT2D eigenvalue weighted by Gasteiger charge is -2.17. The van der Waals surface area contributed by atoms with Crippen molar-refractivity contribution in [1.82, 2.24) is 4.72 Å². The van der Waals surface area contributed by atoms with Crippen LogP contribution < -0.4 is 4.72 Å². The Morgan fingerprint density at radius 2 is 1.67 bits per heavy atom. The molecule has 2 N–H and O–H groups in total. The van der Waals surface area contributed by atoms with Crippen LogP contribution in [-0.4, -0.2) is 20.1 Å². The van der Waals surface area contributed by atoms with Crippen LogP contribution in [-0.2, 0) is 16.4 Å². The first-order chi connectivity index (χ1) is 10.1. The van der Waals surface area contributed by atoms with Crippen molar-refractivity contribution in [3.63, 3.8) is 0 Å². The van der Waals surface area contributed by atoms with Crippen LogP contribution in [0, 0.1) is 0 Å². The Morgan fingerprint density at radius 3 is 2.19 bits per heavy atom. The molecule has 0 fully saturated rings. The Morgan fingerprint density at radius 1 is 1.05 bits per heavy atom. The van der Waals surface area contributed by atoms with E-state index in [-0.39, 0.29) is 11.5 Å². The van der Waals surface area contributed by atoms with E-state index in [1.807, 2.05) is 25.1 Å². The highest BCUT2D eigenvalue weighted by Crippen LogP contribution is 2.17. The quantitative estimate of drug-likeness (QED) is 0.860. The first-order valence-corrected chi connectivity index (χ1v) is 8.32. The molecule has 2 rings (SSSR count). The zero-order chi connectivity index (χ0) is 15.3. The van der Waals surface area contributed by atoms with Gasteiger partial charge < -0.3 is 5.11 Å². The minimum Gasteiger partial charge on any atom is -0.394 e. The molecule has 21 heavy (non-hydrogen) atoms. The summed E-state index contributed by atoms with van der Waals surface area (Å²) in [5, 5.41) is 9.44. The fourth-order valence-corrected chi connectivity index (χ4v) is 3.27. The van der Waals surface area contributed by atoms with Gasteiger partial charge in [0, 0.05) is 0 Å². The van der Waals surface area contributed by atoms with Gasteiger partial charge in [-0.05, 0) is 29.7 Å². The molecule has 0 heterocycles. The molecule has 1 atom stereocenters. The van der Waals surface area contributed by atoms with Gasteiger partial charge in [0.2, 0.25) is 10.0 Å². The Labute approximate surface area is 125 Å². The van der Waals surface area contributed by atoms with Crippen LogP contribution in [0.25, 0.3) is 0 Å². The zero-order valence-electron chi connectivity index (χ0n) is 11.9. The number of rotatable bonds is 6. The molecular weight excluding hydrogens is 286 g/mol. The molecule has 0 radical (unpaired) electrons. The second-order valence-electron chi connectivity index (χ2n) is 4.76. The summed E-state index contributed by atoms with van der Waals surface area (Å²) in [6.45, 7) is 1.72. The molecule has 0 spiro atoms. The number of hydrogen-bond acceptors (Lipinski definition) is 3. The summed E-state index contributed by atoms with van der Waals surface area (Å²) in [6, 6.07) is 15.1. The molecular formula is C16H19NO3S. The van der Waals surface area contributed by atoms with Gasteiger partial charge in [-0.2, -0.15) is 0 Å². The molecule has 112 valence electrons. The molecule has 5 heteroatoms. The third kappa shape index (κ3) is 3.91. The molecule has 0 aliphatic rings. The Bertz CT molecular complexity index is 666. The largest absolute Gasteiger partial charge is 0.394 e. The van der Waals surface area contributed by atoms with Crippen LogP contribution >= 0.6 is 0 Å². The van der Waals surface area contributed by atoms with Crippen molar-refractivity contribution in [2.75, 3.05) is 6.61 Å². The first kappa shape index (κ1) is 15.7. The highest BCUT2D eigenvalue weighted by molar-refractivity contribution is 7.89. The number of sulfonamides is 1. The molecule has 0 saturated carbocycles. The predicted octanol–water partition coefficient (Wildman–Crippen LogP) is 2.26. The van der Waals surface area contributed by atoms with E-state index in [9.17, 15) is 13.5 Å². The molecule has 0 bridgehead atoms. The second kappa shape index (κ2) is 6.85. The van der Waals surface area contributed by atoms with Crippen molar-refractivity contribution >= 4 is 10.0 Å². The van der Waals surface area contributed by atoms with Crippen LogP contribution in [0.3, 0.4) is 0 Å². The van der Waals surface area contributed by atoms with E-state index in [4.69, 9.17) is 0 Å². The lowest BCUT2D eigenvalue weighted by atomic mass is 10.1. The van der Waals surface area contributed by atoms with Crippen molar-refractivity contribution in [2.24, 2.45) is 0 Å². The van der Waals surface area contributed by atoms with Crippen LogP contribution in [0.2, 0.25) is 0 Å². The predicted molar refractivity (Wildman–Crippen MR) is 82.4 cm³/mol. The third-order valence-corrected chi connectivity index (χ3v) is 4.81. The summed E-state index contributed by atoms with van der Waals surface area (Å²) in [4.78, 5) is 0.203. The topological polar surface area (TPSA) is 66.4 Å². The van der Waals surface area contributed by atoms with Gasteiger partial charge in [0.1, 0.15) is 0 Å². The summed E-state index contributed by atoms with van der Waals surface area (Å²) < 4.78 is 27.2. The van der Waals surface area contributed by atoms with Gasteiger partial charge in [-0.3, -0.25) is 0 Å². The molecule has 0 aliphatic heterocycles. The fourth-order valence-electron chi connectivity index (χ4n) is 2.06. The van der Waals surface area contributed by atoms with Crippen LogP contribution in [0.5, 0.6) is 0 Å². The van der Waals surface area contributed by atoms with Gasteiger partial charge in [-0.1, -0.05) is 49.4 Å². The van der Waals surface area contributed by atoms with Crippen molar-refractivity contribution in [3.8, 4) is 0 Å². The van der Waals surface area contributed by atoms with Crippen molar-refractivity contribution in [2.45, 2.75) is 24.3 Å². The SMILES string of the molecule is CCc1ccc(S(=O)(=O)N[C@H](CO)c2ccccc2)cc1. The standard InChI is InChI=1S/C16H19NO3S/c1-2-13-8-10-15(11-9-13)21(19,20)17-16(12-18)14-6-4-3-5-7-14/h3-11,16-18H,2,12H2,1H3/t16-/m1/s1. The number of nitrogens with one attached hydrogen (secondary N) is 1. The van der Waals surface area contributed by atoms with Crippen molar-refractivity contribution in [3.05, 3.63) is 65.7 Å². The fraction of sp³-hybridized carbons (Fsp3) is 0.250. The number of aliphatic hydroxyl groups is 1. The van der Waals surface area contributed by atoms with Gasteiger partial charge in [0.05, 0.1) is 17.5 Å². The number of benzene rings is 2. The van der Waals surface area contributed by atoms with Gasteiger partial charge in [-0.15, -0.1) is 0 Å². The number of hydrogen-bond donors (Lipinski definition) is 2. The molecule has 2 aromatic rings. The lowest BCUT2D eigenvalue weighted by molar-refractivity contribution is 0.259. The maximum atomic E-state index is 12.4. The van der Waals surface area contributed by atoms with Gasteiger partial charge >= 0.3 is 0 Å².